The van der Waals surface area contributed by atoms with E-state index in [1.54, 1.807) is 0 Å². The van der Waals surface area contributed by atoms with Crippen molar-refractivity contribution in [2.24, 2.45) is 5.73 Å². The van der Waals surface area contributed by atoms with E-state index < -0.39 is 0 Å². The highest BCUT2D eigenvalue weighted by molar-refractivity contribution is 6.13. The minimum Gasteiger partial charge on any atom is -0.368 e. The predicted molar refractivity (Wildman–Crippen MR) is 148 cm³/mol. The molecule has 1 aromatic heterocycles. The third-order valence-corrected chi connectivity index (χ3v) is 7.76. The van der Waals surface area contributed by atoms with E-state index in [2.05, 4.69) is 70.7 Å². The number of anilines is 1. The van der Waals surface area contributed by atoms with Gasteiger partial charge in [-0.05, 0) is 64.1 Å². The molecule has 0 bridgehead atoms. The lowest BCUT2D eigenvalue weighted by Gasteiger charge is -2.35. The zero-order valence-electron chi connectivity index (χ0n) is 20.8. The molecule has 1 amide bonds. The summed E-state index contributed by atoms with van der Waals surface area (Å²) < 4.78 is 0. The molecule has 3 aromatic carbocycles. The maximum Gasteiger partial charge on any atom is 0.251 e. The molecule has 0 saturated carbocycles. The van der Waals surface area contributed by atoms with Gasteiger partial charge >= 0.3 is 0 Å². The number of pyridine rings is 1. The predicted octanol–water partition coefficient (Wildman–Crippen LogP) is 5.32. The van der Waals surface area contributed by atoms with Gasteiger partial charge in [-0.3, -0.25) is 9.78 Å². The van der Waals surface area contributed by atoms with E-state index in [1.807, 2.05) is 12.4 Å². The van der Waals surface area contributed by atoms with Gasteiger partial charge in [0.2, 0.25) is 0 Å². The van der Waals surface area contributed by atoms with E-state index >= 15 is 0 Å². The summed E-state index contributed by atoms with van der Waals surface area (Å²) in [5, 5.41) is 5.71. The van der Waals surface area contributed by atoms with Gasteiger partial charge in [-0.2, -0.15) is 0 Å². The number of piperazine rings is 1. The molecule has 5 heteroatoms. The smallest absolute Gasteiger partial charge is 0.251 e. The zero-order valence-corrected chi connectivity index (χ0v) is 20.8. The van der Waals surface area contributed by atoms with Crippen molar-refractivity contribution in [3.05, 3.63) is 83.2 Å². The summed E-state index contributed by atoms with van der Waals surface area (Å²) in [4.78, 5) is 20.2. The number of unbranched alkanes of at least 4 members (excludes halogenated alkanes) is 1. The van der Waals surface area contributed by atoms with Crippen LogP contribution in [-0.4, -0.2) is 37.1 Å². The molecule has 1 aliphatic heterocycles. The summed E-state index contributed by atoms with van der Waals surface area (Å²) in [6.07, 6.45) is 7.59. The number of nitrogens with zero attached hydrogens (tertiary/aromatic N) is 2. The Morgan fingerprint density at radius 2 is 1.83 bits per heavy atom. The minimum atomic E-state index is -0.326. The Bertz CT molecular complexity index is 1460. The molecule has 182 valence electrons. The number of fused-ring (bicyclic) bond motifs is 4. The van der Waals surface area contributed by atoms with Crippen LogP contribution in [0.1, 0.15) is 46.8 Å². The Kier molecular flexibility index (Phi) is 5.94. The summed E-state index contributed by atoms with van der Waals surface area (Å²) in [7, 11) is 0. The van der Waals surface area contributed by atoms with Gasteiger partial charge in [0.05, 0.1) is 11.3 Å². The van der Waals surface area contributed by atoms with E-state index in [1.165, 1.54) is 22.3 Å². The number of hydrogen-bond acceptors (Lipinski definition) is 4. The maximum atomic E-state index is 13.3. The van der Waals surface area contributed by atoms with Crippen LogP contribution in [0.2, 0.25) is 0 Å². The first-order chi connectivity index (χ1) is 17.7. The lowest BCUT2D eigenvalue weighted by atomic mass is 9.82. The Balaban J connectivity index is 1.78. The number of carbonyl (C=O) groups excluding carboxylic acids is 1. The van der Waals surface area contributed by atoms with Crippen LogP contribution in [0.3, 0.4) is 0 Å². The molecule has 36 heavy (non-hydrogen) atoms. The SMILES string of the molecule is CCCCc1c2c(c(-c3cccc4ccncc34)c(N3CCNCC3)c1C(N)=O)-c1ccccc1C2. The molecule has 5 nitrogen and oxygen atoms in total. The molecule has 6 rings (SSSR count). The summed E-state index contributed by atoms with van der Waals surface area (Å²) in [5.74, 6) is -0.326. The number of nitrogens with two attached hydrogens (primary N) is 1. The number of primary amides is 1. The summed E-state index contributed by atoms with van der Waals surface area (Å²) >= 11 is 0. The number of aromatic nitrogens is 1. The average Bonchev–Trinajstić information content (AvgIpc) is 3.30. The fourth-order valence-electron chi connectivity index (χ4n) is 6.13. The summed E-state index contributed by atoms with van der Waals surface area (Å²) in [6.45, 7) is 5.64. The Labute approximate surface area is 212 Å². The minimum absolute atomic E-state index is 0.326. The topological polar surface area (TPSA) is 71.2 Å². The third kappa shape index (κ3) is 3.66. The normalized spacial score (nSPS) is 14.6. The largest absolute Gasteiger partial charge is 0.368 e. The standard InChI is InChI=1S/C31H32N4O/c1-2-3-9-23-25-18-21-7-4-5-10-22(21)27(25)28(24-11-6-8-20-12-13-34-19-26(20)24)30(29(23)31(32)36)35-16-14-33-15-17-35/h4-8,10-13,19,33H,2-3,9,14-18H2,1H3,(H2,32,36). The second-order valence-electron chi connectivity index (χ2n) is 9.87. The van der Waals surface area contributed by atoms with Gasteiger partial charge in [-0.1, -0.05) is 55.8 Å². The van der Waals surface area contributed by atoms with Crippen LogP contribution in [0.5, 0.6) is 0 Å². The van der Waals surface area contributed by atoms with Crippen LogP contribution >= 0.6 is 0 Å². The first-order valence-electron chi connectivity index (χ1n) is 13.1. The van der Waals surface area contributed by atoms with Gasteiger partial charge in [0.15, 0.2) is 0 Å². The molecular formula is C31H32N4O. The molecule has 0 spiro atoms. The van der Waals surface area contributed by atoms with Crippen molar-refractivity contribution in [2.45, 2.75) is 32.6 Å². The van der Waals surface area contributed by atoms with E-state index in [4.69, 9.17) is 5.73 Å². The molecule has 3 N–H and O–H groups in total. The monoisotopic (exact) mass is 476 g/mol. The number of carbonyl (C=O) groups is 1. The van der Waals surface area contributed by atoms with Gasteiger partial charge in [-0.25, -0.2) is 0 Å². The summed E-state index contributed by atoms with van der Waals surface area (Å²) in [6, 6.07) is 17.2. The quantitative estimate of drug-likeness (QED) is 0.348. The van der Waals surface area contributed by atoms with Crippen LogP contribution in [-0.2, 0) is 12.8 Å². The lowest BCUT2D eigenvalue weighted by Crippen LogP contribution is -2.44. The zero-order chi connectivity index (χ0) is 24.6. The highest BCUT2D eigenvalue weighted by Gasteiger charge is 2.34. The van der Waals surface area contributed by atoms with Gasteiger partial charge in [-0.15, -0.1) is 0 Å². The highest BCUT2D eigenvalue weighted by Crippen LogP contribution is 2.52. The Morgan fingerprint density at radius 1 is 1.03 bits per heavy atom. The van der Waals surface area contributed by atoms with E-state index in [9.17, 15) is 4.79 Å². The van der Waals surface area contributed by atoms with Gasteiger partial charge in [0, 0.05) is 49.5 Å². The molecule has 0 atom stereocenters. The number of benzene rings is 3. The van der Waals surface area contributed by atoms with Gasteiger partial charge < -0.3 is 16.0 Å². The number of nitrogens with one attached hydrogen (secondary N) is 1. The number of rotatable bonds is 6. The van der Waals surface area contributed by atoms with Crippen molar-refractivity contribution in [3.8, 4) is 22.3 Å². The fourth-order valence-corrected chi connectivity index (χ4v) is 6.13. The van der Waals surface area contributed by atoms with Crippen LogP contribution < -0.4 is 16.0 Å². The third-order valence-electron chi connectivity index (χ3n) is 7.76. The van der Waals surface area contributed by atoms with Crippen LogP contribution in [0.4, 0.5) is 5.69 Å². The van der Waals surface area contributed by atoms with Crippen LogP contribution in [0.25, 0.3) is 33.0 Å². The second-order valence-corrected chi connectivity index (χ2v) is 9.87. The van der Waals surface area contributed by atoms with Crippen molar-refractivity contribution in [3.63, 3.8) is 0 Å². The molecule has 4 aromatic rings. The maximum absolute atomic E-state index is 13.3. The second kappa shape index (κ2) is 9.40. The van der Waals surface area contributed by atoms with E-state index in [-0.39, 0.29) is 5.91 Å². The Hall–Kier alpha value is -3.70. The van der Waals surface area contributed by atoms with Crippen molar-refractivity contribution in [1.82, 2.24) is 10.3 Å². The first-order valence-corrected chi connectivity index (χ1v) is 13.1. The molecule has 1 aliphatic carbocycles. The number of hydrogen-bond donors (Lipinski definition) is 2. The van der Waals surface area contributed by atoms with Crippen molar-refractivity contribution < 1.29 is 4.79 Å². The molecule has 1 saturated heterocycles. The average molecular weight is 477 g/mol. The molecular weight excluding hydrogens is 444 g/mol. The molecule has 1 fully saturated rings. The van der Waals surface area contributed by atoms with Crippen molar-refractivity contribution in [1.29, 1.82) is 0 Å². The summed E-state index contributed by atoms with van der Waals surface area (Å²) in [5.41, 5.74) is 16.5. The first kappa shape index (κ1) is 22.7. The van der Waals surface area contributed by atoms with Crippen LogP contribution in [0, 0.1) is 0 Å². The molecule has 2 heterocycles. The highest BCUT2D eigenvalue weighted by atomic mass is 16.1. The fraction of sp³-hybridized carbons (Fsp3) is 0.290. The van der Waals surface area contributed by atoms with Gasteiger partial charge in [0.1, 0.15) is 0 Å². The van der Waals surface area contributed by atoms with Crippen molar-refractivity contribution in [2.75, 3.05) is 31.1 Å². The number of amides is 1. The molecule has 0 unspecified atom stereocenters. The van der Waals surface area contributed by atoms with E-state index in [0.717, 1.165) is 85.0 Å². The van der Waals surface area contributed by atoms with Crippen LogP contribution in [0.15, 0.2) is 60.9 Å². The molecule has 0 radical (unpaired) electrons. The Morgan fingerprint density at radius 3 is 2.64 bits per heavy atom. The van der Waals surface area contributed by atoms with E-state index in [0.29, 0.717) is 5.56 Å². The molecule has 2 aliphatic rings. The van der Waals surface area contributed by atoms with Crippen molar-refractivity contribution >= 4 is 22.4 Å². The lowest BCUT2D eigenvalue weighted by molar-refractivity contribution is 0.0999. The van der Waals surface area contributed by atoms with Gasteiger partial charge in [0.25, 0.3) is 5.91 Å².